The Hall–Kier alpha value is -2.45. The summed E-state index contributed by atoms with van der Waals surface area (Å²) in [5.74, 6) is -1.27. The molecule has 2 atom stereocenters. The van der Waals surface area contributed by atoms with Crippen molar-refractivity contribution in [1.29, 1.82) is 0 Å². The van der Waals surface area contributed by atoms with Gasteiger partial charge < -0.3 is 5.73 Å². The Morgan fingerprint density at radius 2 is 1.82 bits per heavy atom. The Morgan fingerprint density at radius 3 is 2.53 bits per heavy atom. The zero-order valence-corrected chi connectivity index (χ0v) is 20.4. The van der Waals surface area contributed by atoms with E-state index in [0.29, 0.717) is 11.1 Å². The molecule has 1 aliphatic rings. The van der Waals surface area contributed by atoms with E-state index < -0.39 is 27.8 Å². The summed E-state index contributed by atoms with van der Waals surface area (Å²) in [5.41, 5.74) is 8.52. The predicted molar refractivity (Wildman–Crippen MR) is 131 cm³/mol. The normalized spacial score (nSPS) is 16.6. The van der Waals surface area contributed by atoms with Gasteiger partial charge in [0.25, 0.3) is 0 Å². The highest BCUT2D eigenvalue weighted by Crippen LogP contribution is 2.38. The standard InChI is InChI=1S/C25H23Cl2FN2O3S/c26-21-11-9-17(13-22(21)27)34(32,33)30-24(14-25(29)31)16-8-10-20(23(28)12-16)19-7-3-5-15-4-1-2-6-18(15)19/h1-2,4,6,8-13,19,24,30H,3,5,7,14H2,(H2,29,31). The number of hydrogen-bond donors (Lipinski definition) is 2. The highest BCUT2D eigenvalue weighted by molar-refractivity contribution is 7.89. The van der Waals surface area contributed by atoms with Gasteiger partial charge in [-0.25, -0.2) is 17.5 Å². The topological polar surface area (TPSA) is 89.3 Å². The third-order valence-corrected chi connectivity index (χ3v) is 8.28. The van der Waals surface area contributed by atoms with E-state index in [1.165, 1.54) is 29.8 Å². The van der Waals surface area contributed by atoms with E-state index in [-0.39, 0.29) is 27.3 Å². The molecule has 0 saturated carbocycles. The second-order valence-electron chi connectivity index (χ2n) is 8.34. The molecule has 1 amide bonds. The lowest BCUT2D eigenvalue weighted by molar-refractivity contribution is -0.118. The Balaban J connectivity index is 1.66. The number of amides is 1. The lowest BCUT2D eigenvalue weighted by Crippen LogP contribution is -2.32. The highest BCUT2D eigenvalue weighted by atomic mass is 35.5. The van der Waals surface area contributed by atoms with Gasteiger partial charge in [-0.05, 0) is 65.8 Å². The van der Waals surface area contributed by atoms with Crippen molar-refractivity contribution in [3.05, 3.63) is 98.8 Å². The summed E-state index contributed by atoms with van der Waals surface area (Å²) in [5, 5.41) is 0.274. The molecule has 2 unspecified atom stereocenters. The first-order chi connectivity index (χ1) is 16.2. The molecule has 3 N–H and O–H groups in total. The van der Waals surface area contributed by atoms with Gasteiger partial charge in [-0.1, -0.05) is 59.6 Å². The lowest BCUT2D eigenvalue weighted by atomic mass is 9.78. The van der Waals surface area contributed by atoms with E-state index >= 15 is 4.39 Å². The minimum Gasteiger partial charge on any atom is -0.370 e. The quantitative estimate of drug-likeness (QED) is 0.431. The molecule has 0 fully saturated rings. The van der Waals surface area contributed by atoms with Gasteiger partial charge in [0.05, 0.1) is 21.0 Å². The van der Waals surface area contributed by atoms with E-state index in [1.807, 2.05) is 18.2 Å². The van der Waals surface area contributed by atoms with Crippen LogP contribution < -0.4 is 10.5 Å². The maximum Gasteiger partial charge on any atom is 0.241 e. The van der Waals surface area contributed by atoms with Crippen LogP contribution in [-0.4, -0.2) is 14.3 Å². The number of rotatable bonds is 7. The number of carbonyl (C=O) groups excluding carboxylic acids is 1. The van der Waals surface area contributed by atoms with Crippen LogP contribution >= 0.6 is 23.2 Å². The fourth-order valence-corrected chi connectivity index (χ4v) is 6.06. The minimum absolute atomic E-state index is 0.0687. The number of sulfonamides is 1. The highest BCUT2D eigenvalue weighted by Gasteiger charge is 2.27. The average molecular weight is 521 g/mol. The molecular formula is C25H23Cl2FN2O3S. The molecule has 0 aromatic heterocycles. The second kappa shape index (κ2) is 10.0. The zero-order valence-electron chi connectivity index (χ0n) is 18.1. The van der Waals surface area contributed by atoms with Crippen molar-refractivity contribution in [2.75, 3.05) is 0 Å². The van der Waals surface area contributed by atoms with Gasteiger partial charge in [0, 0.05) is 12.3 Å². The monoisotopic (exact) mass is 520 g/mol. The van der Waals surface area contributed by atoms with Gasteiger partial charge in [0.15, 0.2) is 0 Å². The summed E-state index contributed by atoms with van der Waals surface area (Å²) in [7, 11) is -4.10. The number of primary amides is 1. The van der Waals surface area contributed by atoms with Crippen molar-refractivity contribution in [2.24, 2.45) is 5.73 Å². The molecule has 3 aromatic carbocycles. The SMILES string of the molecule is NC(=O)CC(NS(=O)(=O)c1ccc(Cl)c(Cl)c1)c1ccc(C2CCCc3ccccc32)c(F)c1. The third-order valence-electron chi connectivity index (χ3n) is 6.08. The number of halogens is 3. The molecule has 178 valence electrons. The number of nitrogens with two attached hydrogens (primary N) is 1. The number of hydrogen-bond acceptors (Lipinski definition) is 3. The molecule has 4 rings (SSSR count). The maximum absolute atomic E-state index is 15.4. The average Bonchev–Trinajstić information content (AvgIpc) is 2.79. The van der Waals surface area contributed by atoms with Crippen molar-refractivity contribution in [3.8, 4) is 0 Å². The van der Waals surface area contributed by atoms with Crippen molar-refractivity contribution in [2.45, 2.75) is 42.5 Å². The number of fused-ring (bicyclic) bond motifs is 1. The molecule has 0 aliphatic heterocycles. The Morgan fingerprint density at radius 1 is 1.06 bits per heavy atom. The van der Waals surface area contributed by atoms with Crippen LogP contribution in [0.5, 0.6) is 0 Å². The Kier molecular flexibility index (Phi) is 7.28. The van der Waals surface area contributed by atoms with E-state index in [0.717, 1.165) is 24.8 Å². The summed E-state index contributed by atoms with van der Waals surface area (Å²) in [4.78, 5) is 11.6. The van der Waals surface area contributed by atoms with E-state index in [1.54, 1.807) is 12.1 Å². The Bertz CT molecular complexity index is 1350. The smallest absolute Gasteiger partial charge is 0.241 e. The molecular weight excluding hydrogens is 498 g/mol. The van der Waals surface area contributed by atoms with E-state index in [9.17, 15) is 13.2 Å². The number of aryl methyl sites for hydroxylation is 1. The molecule has 3 aromatic rings. The summed E-state index contributed by atoms with van der Waals surface area (Å²) < 4.78 is 43.7. The van der Waals surface area contributed by atoms with Crippen molar-refractivity contribution < 1.29 is 17.6 Å². The molecule has 34 heavy (non-hydrogen) atoms. The summed E-state index contributed by atoms with van der Waals surface area (Å²) >= 11 is 11.8. The maximum atomic E-state index is 15.4. The first-order valence-corrected chi connectivity index (χ1v) is 13.0. The van der Waals surface area contributed by atoms with Gasteiger partial charge in [-0.3, -0.25) is 4.79 Å². The number of carbonyl (C=O) groups is 1. The number of benzene rings is 3. The van der Waals surface area contributed by atoms with Gasteiger partial charge in [-0.2, -0.15) is 0 Å². The largest absolute Gasteiger partial charge is 0.370 e. The van der Waals surface area contributed by atoms with Gasteiger partial charge in [-0.15, -0.1) is 0 Å². The van der Waals surface area contributed by atoms with Crippen LogP contribution in [0.15, 0.2) is 65.6 Å². The molecule has 9 heteroatoms. The molecule has 0 heterocycles. The van der Waals surface area contributed by atoms with Crippen LogP contribution in [0.2, 0.25) is 10.0 Å². The van der Waals surface area contributed by atoms with Crippen molar-refractivity contribution >= 4 is 39.1 Å². The summed E-state index contributed by atoms with van der Waals surface area (Å²) in [6, 6.07) is 15.4. The van der Waals surface area contributed by atoms with Gasteiger partial charge in [0.2, 0.25) is 15.9 Å². The van der Waals surface area contributed by atoms with Crippen LogP contribution in [0.1, 0.15) is 53.5 Å². The minimum atomic E-state index is -4.10. The van der Waals surface area contributed by atoms with Crippen LogP contribution in [0.4, 0.5) is 4.39 Å². The molecule has 0 spiro atoms. The van der Waals surface area contributed by atoms with Gasteiger partial charge in [0.1, 0.15) is 5.82 Å². The van der Waals surface area contributed by atoms with Crippen LogP contribution in [0, 0.1) is 5.82 Å². The van der Waals surface area contributed by atoms with Gasteiger partial charge >= 0.3 is 0 Å². The Labute approximate surface area is 208 Å². The van der Waals surface area contributed by atoms with Crippen LogP contribution in [-0.2, 0) is 21.2 Å². The lowest BCUT2D eigenvalue weighted by Gasteiger charge is -2.27. The second-order valence-corrected chi connectivity index (χ2v) is 10.9. The first-order valence-electron chi connectivity index (χ1n) is 10.8. The number of nitrogens with one attached hydrogen (secondary N) is 1. The van der Waals surface area contributed by atoms with Crippen molar-refractivity contribution in [3.63, 3.8) is 0 Å². The van der Waals surface area contributed by atoms with E-state index in [2.05, 4.69) is 10.8 Å². The van der Waals surface area contributed by atoms with Crippen LogP contribution in [0.25, 0.3) is 0 Å². The molecule has 5 nitrogen and oxygen atoms in total. The summed E-state index contributed by atoms with van der Waals surface area (Å²) in [6.07, 6.45) is 2.40. The summed E-state index contributed by atoms with van der Waals surface area (Å²) in [6.45, 7) is 0. The predicted octanol–water partition coefficient (Wildman–Crippen LogP) is 5.50. The zero-order chi connectivity index (χ0) is 24.5. The molecule has 0 saturated heterocycles. The van der Waals surface area contributed by atoms with Crippen molar-refractivity contribution in [1.82, 2.24) is 4.72 Å². The van der Waals surface area contributed by atoms with E-state index in [4.69, 9.17) is 28.9 Å². The fourth-order valence-electron chi connectivity index (χ4n) is 4.45. The molecule has 0 bridgehead atoms. The molecule has 1 aliphatic carbocycles. The fraction of sp³-hybridized carbons (Fsp3) is 0.240. The third kappa shape index (κ3) is 5.28. The van der Waals surface area contributed by atoms with Crippen LogP contribution in [0.3, 0.4) is 0 Å². The first kappa shape index (κ1) is 24.7. The molecule has 0 radical (unpaired) electrons.